The van der Waals surface area contributed by atoms with Gasteiger partial charge >= 0.3 is 0 Å². The normalized spacial score (nSPS) is 13.0. The Kier molecular flexibility index (Phi) is 5.47. The van der Waals surface area contributed by atoms with E-state index < -0.39 is 14.6 Å². The zero-order chi connectivity index (χ0) is 19.0. The van der Waals surface area contributed by atoms with Gasteiger partial charge < -0.3 is 0 Å². The van der Waals surface area contributed by atoms with Crippen LogP contribution in [0.1, 0.15) is 45.3 Å². The summed E-state index contributed by atoms with van der Waals surface area (Å²) in [5.41, 5.74) is 0.793. The maximum absolute atomic E-state index is 12.9. The van der Waals surface area contributed by atoms with Crippen molar-refractivity contribution in [3.05, 3.63) is 45.4 Å². The van der Waals surface area contributed by atoms with Crippen LogP contribution in [0.25, 0.3) is 0 Å². The number of halogens is 1. The first-order valence-electron chi connectivity index (χ1n) is 7.84. The number of Topliss-reactive ketones (excluding diaryl/α,β-unsaturated/α-hetero) is 1. The standard InChI is InChI=1S/C18H22ClNO3S2/c1-17(2,3)14-11-24-16(20-14)10-15(21)18(4,5)25(22,23)13-8-6-12(19)7-9-13/h6-9,11H,10H2,1-5H3. The SMILES string of the molecule is CC(C)(C)c1csc(CC(=O)C(C)(C)S(=O)(=O)c2ccc(Cl)cc2)n1. The number of carbonyl (C=O) groups excluding carboxylic acids is 1. The van der Waals surface area contributed by atoms with Gasteiger partial charge in [0, 0.05) is 15.8 Å². The van der Waals surface area contributed by atoms with Gasteiger partial charge in [-0.05, 0) is 38.1 Å². The second-order valence-corrected chi connectivity index (χ2v) is 11.3. The van der Waals surface area contributed by atoms with Gasteiger partial charge in [-0.3, -0.25) is 4.79 Å². The van der Waals surface area contributed by atoms with E-state index in [1.165, 1.54) is 49.4 Å². The molecule has 0 bridgehead atoms. The largest absolute Gasteiger partial charge is 0.297 e. The molecule has 0 aliphatic rings. The molecule has 0 aliphatic heterocycles. The lowest BCUT2D eigenvalue weighted by Crippen LogP contribution is -2.41. The number of nitrogens with zero attached hydrogens (tertiary/aromatic N) is 1. The molecule has 25 heavy (non-hydrogen) atoms. The lowest BCUT2D eigenvalue weighted by Gasteiger charge is -2.23. The Balaban J connectivity index is 2.27. The van der Waals surface area contributed by atoms with Gasteiger partial charge in [-0.1, -0.05) is 32.4 Å². The minimum absolute atomic E-state index is 0.000562. The predicted octanol–water partition coefficient (Wildman–Crippen LogP) is 4.46. The summed E-state index contributed by atoms with van der Waals surface area (Å²) in [6.07, 6.45) is 0.000562. The van der Waals surface area contributed by atoms with Gasteiger partial charge in [-0.2, -0.15) is 0 Å². The molecule has 1 aromatic carbocycles. The van der Waals surface area contributed by atoms with Crippen molar-refractivity contribution in [2.45, 2.75) is 56.1 Å². The maximum Gasteiger partial charge on any atom is 0.190 e. The van der Waals surface area contributed by atoms with E-state index in [0.29, 0.717) is 10.0 Å². The number of sulfone groups is 1. The molecule has 1 heterocycles. The smallest absolute Gasteiger partial charge is 0.190 e. The molecule has 4 nitrogen and oxygen atoms in total. The first kappa shape index (κ1) is 20.1. The average Bonchev–Trinajstić information content (AvgIpc) is 2.96. The van der Waals surface area contributed by atoms with E-state index >= 15 is 0 Å². The molecular formula is C18H22ClNO3S2. The van der Waals surface area contributed by atoms with Crippen LogP contribution in [-0.4, -0.2) is 23.9 Å². The van der Waals surface area contributed by atoms with Crippen molar-refractivity contribution >= 4 is 38.6 Å². The average molecular weight is 400 g/mol. The van der Waals surface area contributed by atoms with Crippen LogP contribution in [0.15, 0.2) is 34.5 Å². The monoisotopic (exact) mass is 399 g/mol. The molecule has 2 aromatic rings. The number of ketones is 1. The molecule has 0 spiro atoms. The molecule has 136 valence electrons. The van der Waals surface area contributed by atoms with Crippen molar-refractivity contribution in [2.75, 3.05) is 0 Å². The Hall–Kier alpha value is -1.24. The van der Waals surface area contributed by atoms with E-state index in [1.54, 1.807) is 0 Å². The molecule has 0 saturated carbocycles. The van der Waals surface area contributed by atoms with Crippen LogP contribution in [0.5, 0.6) is 0 Å². The zero-order valence-corrected chi connectivity index (χ0v) is 17.3. The highest BCUT2D eigenvalue weighted by Crippen LogP contribution is 2.30. The van der Waals surface area contributed by atoms with Crippen LogP contribution in [0, 0.1) is 0 Å². The van der Waals surface area contributed by atoms with Crippen molar-refractivity contribution in [1.29, 1.82) is 0 Å². The molecule has 0 atom stereocenters. The minimum atomic E-state index is -3.83. The van der Waals surface area contributed by atoms with Gasteiger partial charge in [0.1, 0.15) is 9.75 Å². The number of carbonyl (C=O) groups is 1. The molecule has 0 saturated heterocycles. The zero-order valence-electron chi connectivity index (χ0n) is 15.0. The Morgan fingerprint density at radius 3 is 2.16 bits per heavy atom. The van der Waals surface area contributed by atoms with E-state index in [4.69, 9.17) is 11.6 Å². The third-order valence-corrected chi connectivity index (χ3v) is 7.66. The van der Waals surface area contributed by atoms with E-state index in [2.05, 4.69) is 4.98 Å². The number of hydrogen-bond acceptors (Lipinski definition) is 5. The van der Waals surface area contributed by atoms with Crippen LogP contribution in [0.4, 0.5) is 0 Å². The highest BCUT2D eigenvalue weighted by Gasteiger charge is 2.42. The maximum atomic E-state index is 12.9. The third kappa shape index (κ3) is 4.13. The number of benzene rings is 1. The topological polar surface area (TPSA) is 64.1 Å². The summed E-state index contributed by atoms with van der Waals surface area (Å²) in [5, 5.41) is 3.00. The Labute approximate surface area is 158 Å². The Morgan fingerprint density at radius 1 is 1.12 bits per heavy atom. The van der Waals surface area contributed by atoms with Gasteiger partial charge in [-0.25, -0.2) is 13.4 Å². The van der Waals surface area contributed by atoms with Crippen molar-refractivity contribution in [3.8, 4) is 0 Å². The highest BCUT2D eigenvalue weighted by molar-refractivity contribution is 7.93. The van der Waals surface area contributed by atoms with Gasteiger partial charge in [0.2, 0.25) is 0 Å². The summed E-state index contributed by atoms with van der Waals surface area (Å²) >= 11 is 7.20. The van der Waals surface area contributed by atoms with Crippen LogP contribution >= 0.6 is 22.9 Å². The number of thiazole rings is 1. The molecule has 0 unspecified atom stereocenters. The summed E-state index contributed by atoms with van der Waals surface area (Å²) in [7, 11) is -3.83. The van der Waals surface area contributed by atoms with Crippen molar-refractivity contribution in [2.24, 2.45) is 0 Å². The van der Waals surface area contributed by atoms with Gasteiger partial charge in [-0.15, -0.1) is 11.3 Å². The second-order valence-electron chi connectivity index (χ2n) is 7.44. The number of rotatable bonds is 5. The fraction of sp³-hybridized carbons (Fsp3) is 0.444. The van der Waals surface area contributed by atoms with Crippen molar-refractivity contribution < 1.29 is 13.2 Å². The molecule has 1 aromatic heterocycles. The van der Waals surface area contributed by atoms with Crippen LogP contribution in [0.3, 0.4) is 0 Å². The minimum Gasteiger partial charge on any atom is -0.297 e. The second kappa shape index (κ2) is 6.82. The molecule has 2 rings (SSSR count). The fourth-order valence-electron chi connectivity index (χ4n) is 2.15. The van der Waals surface area contributed by atoms with Crippen LogP contribution in [0.2, 0.25) is 5.02 Å². The molecular weight excluding hydrogens is 378 g/mol. The van der Waals surface area contributed by atoms with E-state index in [-0.39, 0.29) is 22.5 Å². The summed E-state index contributed by atoms with van der Waals surface area (Å²) in [4.78, 5) is 17.3. The van der Waals surface area contributed by atoms with E-state index in [0.717, 1.165) is 5.69 Å². The lowest BCUT2D eigenvalue weighted by atomic mass is 9.93. The first-order valence-corrected chi connectivity index (χ1v) is 10.6. The van der Waals surface area contributed by atoms with Gasteiger partial charge in [0.15, 0.2) is 15.6 Å². The van der Waals surface area contributed by atoms with Gasteiger partial charge in [0.05, 0.1) is 17.0 Å². The number of aromatic nitrogens is 1. The Morgan fingerprint density at radius 2 is 1.68 bits per heavy atom. The predicted molar refractivity (Wildman–Crippen MR) is 102 cm³/mol. The van der Waals surface area contributed by atoms with Gasteiger partial charge in [0.25, 0.3) is 0 Å². The summed E-state index contributed by atoms with van der Waals surface area (Å²) in [5.74, 6) is -0.378. The van der Waals surface area contributed by atoms with E-state index in [9.17, 15) is 13.2 Å². The van der Waals surface area contributed by atoms with E-state index in [1.807, 2.05) is 26.2 Å². The van der Waals surface area contributed by atoms with Crippen molar-refractivity contribution in [3.63, 3.8) is 0 Å². The molecule has 0 N–H and O–H groups in total. The van der Waals surface area contributed by atoms with Crippen LogP contribution < -0.4 is 0 Å². The molecule has 0 fully saturated rings. The quantitative estimate of drug-likeness (QED) is 0.744. The molecule has 0 amide bonds. The number of hydrogen-bond donors (Lipinski definition) is 0. The molecule has 7 heteroatoms. The van der Waals surface area contributed by atoms with Crippen molar-refractivity contribution in [1.82, 2.24) is 4.98 Å². The lowest BCUT2D eigenvalue weighted by molar-refractivity contribution is -0.120. The fourth-order valence-corrected chi connectivity index (χ4v) is 4.75. The summed E-state index contributed by atoms with van der Waals surface area (Å²) < 4.78 is 24.2. The Bertz CT molecular complexity index is 876. The summed E-state index contributed by atoms with van der Waals surface area (Å²) in [6.45, 7) is 9.02. The van der Waals surface area contributed by atoms with Crippen LogP contribution in [-0.2, 0) is 26.5 Å². The molecule has 0 radical (unpaired) electrons. The molecule has 0 aliphatic carbocycles. The summed E-state index contributed by atoms with van der Waals surface area (Å²) in [6, 6.07) is 5.86. The first-order chi connectivity index (χ1) is 11.4. The third-order valence-electron chi connectivity index (χ3n) is 4.10. The highest BCUT2D eigenvalue weighted by atomic mass is 35.5.